The van der Waals surface area contributed by atoms with Gasteiger partial charge >= 0.3 is 0 Å². The third-order valence-corrected chi connectivity index (χ3v) is 4.39. The predicted molar refractivity (Wildman–Crippen MR) is 64.4 cm³/mol. The lowest BCUT2D eigenvalue weighted by Crippen LogP contribution is -2.44. The third-order valence-electron chi connectivity index (χ3n) is 3.11. The Balaban J connectivity index is 2.41. The van der Waals surface area contributed by atoms with Crippen molar-refractivity contribution in [2.24, 2.45) is 5.41 Å². The number of nitrogens with zero attached hydrogens (tertiary/aromatic N) is 1. The summed E-state index contributed by atoms with van der Waals surface area (Å²) in [5.41, 5.74) is 0.0214. The Labute approximate surface area is 95.3 Å². The number of hydrogen-bond donors (Lipinski definition) is 1. The topological polar surface area (TPSA) is 40.5 Å². The van der Waals surface area contributed by atoms with Crippen molar-refractivity contribution < 1.29 is 9.32 Å². The van der Waals surface area contributed by atoms with Gasteiger partial charge in [-0.15, -0.1) is 0 Å². The molecule has 1 atom stereocenters. The van der Waals surface area contributed by atoms with Gasteiger partial charge < -0.3 is 10.0 Å². The van der Waals surface area contributed by atoms with E-state index in [-0.39, 0.29) is 12.0 Å². The summed E-state index contributed by atoms with van der Waals surface area (Å²) in [5, 5.41) is 9.41. The van der Waals surface area contributed by atoms with Crippen molar-refractivity contribution in [2.45, 2.75) is 26.7 Å². The van der Waals surface area contributed by atoms with Crippen LogP contribution in [-0.4, -0.2) is 52.0 Å². The molecule has 1 fully saturated rings. The Morgan fingerprint density at radius 3 is 2.47 bits per heavy atom. The number of hydrogen-bond acceptors (Lipinski definition) is 3. The fourth-order valence-corrected chi connectivity index (χ4v) is 3.31. The first kappa shape index (κ1) is 13.1. The van der Waals surface area contributed by atoms with Crippen LogP contribution in [0.5, 0.6) is 0 Å². The molecule has 0 aromatic rings. The van der Waals surface area contributed by atoms with Crippen molar-refractivity contribution >= 4 is 10.8 Å². The van der Waals surface area contributed by atoms with Gasteiger partial charge in [0.05, 0.1) is 0 Å². The molecule has 1 saturated heterocycles. The van der Waals surface area contributed by atoms with Gasteiger partial charge in [-0.25, -0.2) is 0 Å². The maximum absolute atomic E-state index is 11.2. The van der Waals surface area contributed by atoms with E-state index < -0.39 is 10.8 Å². The Bertz CT molecular complexity index is 213. The molecule has 1 aliphatic heterocycles. The van der Waals surface area contributed by atoms with Crippen LogP contribution in [0.4, 0.5) is 0 Å². The Kier molecular flexibility index (Phi) is 5.23. The molecule has 0 bridgehead atoms. The maximum atomic E-state index is 11.2. The van der Waals surface area contributed by atoms with Crippen LogP contribution >= 0.6 is 0 Å². The van der Waals surface area contributed by atoms with Gasteiger partial charge in [-0.05, 0) is 6.42 Å². The first-order valence-electron chi connectivity index (χ1n) is 5.78. The zero-order chi connectivity index (χ0) is 11.3. The largest absolute Gasteiger partial charge is 0.396 e. The van der Waals surface area contributed by atoms with Crippen molar-refractivity contribution in [1.29, 1.82) is 0 Å². The molecule has 0 saturated carbocycles. The van der Waals surface area contributed by atoms with Crippen LogP contribution in [-0.2, 0) is 10.8 Å². The summed E-state index contributed by atoms with van der Waals surface area (Å²) in [6, 6.07) is 0. The molecular formula is C11H23NO2S. The molecule has 4 heteroatoms. The average molecular weight is 233 g/mol. The second-order valence-electron chi connectivity index (χ2n) is 4.84. The zero-order valence-electron chi connectivity index (χ0n) is 9.87. The zero-order valence-corrected chi connectivity index (χ0v) is 10.7. The Morgan fingerprint density at radius 1 is 1.40 bits per heavy atom. The first-order valence-corrected chi connectivity index (χ1v) is 7.26. The van der Waals surface area contributed by atoms with Crippen LogP contribution in [0, 0.1) is 5.41 Å². The SMILES string of the molecule is CCCC(C)(CO)CN1CCS(=O)CC1. The minimum absolute atomic E-state index is 0.0214. The highest BCUT2D eigenvalue weighted by atomic mass is 32.2. The summed E-state index contributed by atoms with van der Waals surface area (Å²) in [6.45, 7) is 7.33. The van der Waals surface area contributed by atoms with E-state index in [1.165, 1.54) is 0 Å². The molecule has 0 aliphatic carbocycles. The number of aliphatic hydroxyl groups is 1. The minimum atomic E-state index is -0.599. The van der Waals surface area contributed by atoms with E-state index in [1.807, 2.05) is 0 Å². The van der Waals surface area contributed by atoms with Gasteiger partial charge in [-0.1, -0.05) is 20.3 Å². The van der Waals surface area contributed by atoms with Crippen LogP contribution in [0.25, 0.3) is 0 Å². The summed E-state index contributed by atoms with van der Waals surface area (Å²) in [6.07, 6.45) is 2.17. The molecule has 1 rings (SSSR count). The molecule has 1 aliphatic rings. The molecular weight excluding hydrogens is 210 g/mol. The molecule has 1 N–H and O–H groups in total. The van der Waals surface area contributed by atoms with Crippen molar-refractivity contribution in [3.63, 3.8) is 0 Å². The molecule has 0 aromatic carbocycles. The van der Waals surface area contributed by atoms with Crippen molar-refractivity contribution in [2.75, 3.05) is 37.7 Å². The molecule has 0 spiro atoms. The van der Waals surface area contributed by atoms with Crippen LogP contribution in [0.2, 0.25) is 0 Å². The molecule has 0 radical (unpaired) electrons. The van der Waals surface area contributed by atoms with E-state index in [0.717, 1.165) is 44.0 Å². The van der Waals surface area contributed by atoms with E-state index >= 15 is 0 Å². The molecule has 90 valence electrons. The molecule has 1 heterocycles. The van der Waals surface area contributed by atoms with Gasteiger partial charge in [0.15, 0.2) is 0 Å². The quantitative estimate of drug-likeness (QED) is 0.765. The molecule has 0 aromatic heterocycles. The highest BCUT2D eigenvalue weighted by Crippen LogP contribution is 2.24. The van der Waals surface area contributed by atoms with Crippen molar-refractivity contribution in [1.82, 2.24) is 4.90 Å². The second kappa shape index (κ2) is 5.97. The molecule has 3 nitrogen and oxygen atoms in total. The molecule has 0 amide bonds. The summed E-state index contributed by atoms with van der Waals surface area (Å²) in [4.78, 5) is 2.34. The smallest absolute Gasteiger partial charge is 0.0497 e. The molecule has 15 heavy (non-hydrogen) atoms. The monoisotopic (exact) mass is 233 g/mol. The lowest BCUT2D eigenvalue weighted by Gasteiger charge is -2.35. The fraction of sp³-hybridized carbons (Fsp3) is 1.00. The third kappa shape index (κ3) is 4.21. The van der Waals surface area contributed by atoms with Gasteiger partial charge in [0, 0.05) is 54.0 Å². The van der Waals surface area contributed by atoms with Crippen LogP contribution in [0.1, 0.15) is 26.7 Å². The number of rotatable bonds is 5. The minimum Gasteiger partial charge on any atom is -0.396 e. The highest BCUT2D eigenvalue weighted by molar-refractivity contribution is 7.85. The van der Waals surface area contributed by atoms with Crippen molar-refractivity contribution in [3.8, 4) is 0 Å². The van der Waals surface area contributed by atoms with Gasteiger partial charge in [0.25, 0.3) is 0 Å². The standard InChI is InChI=1S/C11H23NO2S/c1-3-4-11(2,10-13)9-12-5-7-15(14)8-6-12/h13H,3-10H2,1-2H3. The van der Waals surface area contributed by atoms with Crippen LogP contribution in [0.15, 0.2) is 0 Å². The lowest BCUT2D eigenvalue weighted by molar-refractivity contribution is 0.0838. The Hall–Kier alpha value is 0.0700. The van der Waals surface area contributed by atoms with Crippen LogP contribution < -0.4 is 0 Å². The van der Waals surface area contributed by atoms with Gasteiger partial charge in [-0.3, -0.25) is 4.21 Å². The predicted octanol–water partition coefficient (Wildman–Crippen LogP) is 0.849. The summed E-state index contributed by atoms with van der Waals surface area (Å²) in [7, 11) is -0.599. The van der Waals surface area contributed by atoms with Crippen molar-refractivity contribution in [3.05, 3.63) is 0 Å². The van der Waals surface area contributed by atoms with E-state index in [4.69, 9.17) is 0 Å². The van der Waals surface area contributed by atoms with Gasteiger partial charge in [-0.2, -0.15) is 0 Å². The highest BCUT2D eigenvalue weighted by Gasteiger charge is 2.27. The fourth-order valence-electron chi connectivity index (χ4n) is 2.19. The van der Waals surface area contributed by atoms with E-state index in [1.54, 1.807) is 0 Å². The summed E-state index contributed by atoms with van der Waals surface area (Å²) >= 11 is 0. The Morgan fingerprint density at radius 2 is 2.00 bits per heavy atom. The number of aliphatic hydroxyl groups excluding tert-OH is 1. The summed E-state index contributed by atoms with van der Waals surface area (Å²) in [5.74, 6) is 1.60. The second-order valence-corrected chi connectivity index (χ2v) is 6.54. The first-order chi connectivity index (χ1) is 7.09. The van der Waals surface area contributed by atoms with Crippen LogP contribution in [0.3, 0.4) is 0 Å². The van der Waals surface area contributed by atoms with Gasteiger partial charge in [0.2, 0.25) is 0 Å². The lowest BCUT2D eigenvalue weighted by atomic mass is 9.86. The van der Waals surface area contributed by atoms with E-state index in [9.17, 15) is 9.32 Å². The van der Waals surface area contributed by atoms with Gasteiger partial charge in [0.1, 0.15) is 0 Å². The summed E-state index contributed by atoms with van der Waals surface area (Å²) < 4.78 is 11.2. The van der Waals surface area contributed by atoms with E-state index in [0.29, 0.717) is 0 Å². The normalized spacial score (nSPS) is 23.9. The van der Waals surface area contributed by atoms with E-state index in [2.05, 4.69) is 18.7 Å². The average Bonchev–Trinajstić information content (AvgIpc) is 2.22. The maximum Gasteiger partial charge on any atom is 0.0497 e. The molecule has 1 unspecified atom stereocenters.